The number of hydrogen-bond acceptors (Lipinski definition) is 2. The normalized spacial score (nSPS) is 20.1. The zero-order valence-corrected chi connectivity index (χ0v) is 15.7. The minimum absolute atomic E-state index is 0.643. The number of rotatable bonds is 3. The van der Waals surface area contributed by atoms with Gasteiger partial charge in [-0.15, -0.1) is 0 Å². The summed E-state index contributed by atoms with van der Waals surface area (Å²) in [6, 6.07) is 17.2. The molecule has 1 aromatic heterocycles. The number of nitrogens with zero attached hydrogens (tertiary/aromatic N) is 2. The number of hydrogen-bond donors (Lipinski definition) is 0. The molecule has 3 aromatic rings. The maximum Gasteiger partial charge on any atom is 0.159 e. The summed E-state index contributed by atoms with van der Waals surface area (Å²) in [6.07, 6.45) is 9.28. The summed E-state index contributed by atoms with van der Waals surface area (Å²) in [6.45, 7) is 4.47. The molecular formula is C24H26N2. The summed E-state index contributed by atoms with van der Waals surface area (Å²) < 4.78 is 0. The molecule has 0 saturated heterocycles. The van der Waals surface area contributed by atoms with Crippen LogP contribution in [0.1, 0.15) is 49.7 Å². The van der Waals surface area contributed by atoms with E-state index in [1.165, 1.54) is 47.9 Å². The molecule has 2 nitrogen and oxygen atoms in total. The molecule has 0 radical (unpaired) electrons. The van der Waals surface area contributed by atoms with Crippen molar-refractivity contribution in [3.8, 4) is 22.5 Å². The van der Waals surface area contributed by atoms with Crippen LogP contribution in [0.3, 0.4) is 0 Å². The van der Waals surface area contributed by atoms with Gasteiger partial charge in [-0.2, -0.15) is 0 Å². The van der Waals surface area contributed by atoms with E-state index in [0.29, 0.717) is 5.92 Å². The van der Waals surface area contributed by atoms with Gasteiger partial charge in [0.1, 0.15) is 0 Å². The van der Waals surface area contributed by atoms with Crippen molar-refractivity contribution in [3.05, 3.63) is 72.1 Å². The fourth-order valence-corrected chi connectivity index (χ4v) is 3.85. The van der Waals surface area contributed by atoms with Crippen LogP contribution in [0.25, 0.3) is 22.5 Å². The molecule has 1 aliphatic carbocycles. The molecule has 4 rings (SSSR count). The van der Waals surface area contributed by atoms with E-state index in [4.69, 9.17) is 0 Å². The average molecular weight is 342 g/mol. The molecule has 1 saturated carbocycles. The van der Waals surface area contributed by atoms with Crippen LogP contribution < -0.4 is 0 Å². The third kappa shape index (κ3) is 3.70. The predicted molar refractivity (Wildman–Crippen MR) is 108 cm³/mol. The molecule has 1 aliphatic rings. The van der Waals surface area contributed by atoms with Gasteiger partial charge in [-0.25, -0.2) is 9.97 Å². The fraction of sp³-hybridized carbons (Fsp3) is 0.333. The smallest absolute Gasteiger partial charge is 0.159 e. The molecule has 2 heteroatoms. The molecule has 26 heavy (non-hydrogen) atoms. The van der Waals surface area contributed by atoms with Crippen LogP contribution >= 0.6 is 0 Å². The van der Waals surface area contributed by atoms with Crippen molar-refractivity contribution in [2.24, 2.45) is 5.92 Å². The highest BCUT2D eigenvalue weighted by molar-refractivity contribution is 5.67. The Morgan fingerprint density at radius 1 is 0.692 bits per heavy atom. The van der Waals surface area contributed by atoms with E-state index in [-0.39, 0.29) is 0 Å². The van der Waals surface area contributed by atoms with Crippen LogP contribution in [-0.4, -0.2) is 9.97 Å². The predicted octanol–water partition coefficient (Wildman–Crippen LogP) is 6.41. The maximum absolute atomic E-state index is 4.65. The van der Waals surface area contributed by atoms with Crippen LogP contribution in [0, 0.1) is 12.8 Å². The van der Waals surface area contributed by atoms with E-state index in [1.807, 2.05) is 12.4 Å². The Morgan fingerprint density at radius 2 is 1.19 bits per heavy atom. The van der Waals surface area contributed by atoms with Gasteiger partial charge in [-0.05, 0) is 48.3 Å². The van der Waals surface area contributed by atoms with E-state index in [9.17, 15) is 0 Å². The molecule has 0 atom stereocenters. The number of benzene rings is 2. The maximum atomic E-state index is 4.65. The second-order valence-corrected chi connectivity index (χ2v) is 7.74. The Morgan fingerprint density at radius 3 is 1.77 bits per heavy atom. The minimum Gasteiger partial charge on any atom is -0.236 e. The van der Waals surface area contributed by atoms with Crippen LogP contribution in [-0.2, 0) is 0 Å². The topological polar surface area (TPSA) is 25.8 Å². The van der Waals surface area contributed by atoms with Crippen molar-refractivity contribution in [1.29, 1.82) is 0 Å². The third-order valence-corrected chi connectivity index (χ3v) is 5.69. The molecule has 0 amide bonds. The molecule has 0 N–H and O–H groups in total. The second kappa shape index (κ2) is 7.41. The molecule has 1 heterocycles. The van der Waals surface area contributed by atoms with Gasteiger partial charge < -0.3 is 0 Å². The van der Waals surface area contributed by atoms with Gasteiger partial charge in [0, 0.05) is 18.0 Å². The number of aryl methyl sites for hydroxylation is 1. The summed E-state index contributed by atoms with van der Waals surface area (Å²) in [5.74, 6) is 2.33. The van der Waals surface area contributed by atoms with Crippen LogP contribution in [0.2, 0.25) is 0 Å². The summed E-state index contributed by atoms with van der Waals surface area (Å²) in [5.41, 5.74) is 6.12. The Balaban J connectivity index is 1.50. The Labute approximate surface area is 156 Å². The number of aromatic nitrogens is 2. The molecule has 1 fully saturated rings. The Hall–Kier alpha value is -2.48. The lowest BCUT2D eigenvalue weighted by molar-refractivity contribution is 0.347. The highest BCUT2D eigenvalue weighted by Gasteiger charge is 2.20. The quantitative estimate of drug-likeness (QED) is 0.549. The average Bonchev–Trinajstić information content (AvgIpc) is 2.70. The van der Waals surface area contributed by atoms with Gasteiger partial charge in [-0.1, -0.05) is 73.9 Å². The van der Waals surface area contributed by atoms with Crippen molar-refractivity contribution in [2.75, 3.05) is 0 Å². The summed E-state index contributed by atoms with van der Waals surface area (Å²) >= 11 is 0. The van der Waals surface area contributed by atoms with Crippen molar-refractivity contribution in [1.82, 2.24) is 9.97 Å². The van der Waals surface area contributed by atoms with Crippen LogP contribution in [0.15, 0.2) is 60.9 Å². The van der Waals surface area contributed by atoms with E-state index < -0.39 is 0 Å². The molecule has 0 spiro atoms. The monoisotopic (exact) mass is 342 g/mol. The van der Waals surface area contributed by atoms with Crippen LogP contribution in [0.5, 0.6) is 0 Å². The van der Waals surface area contributed by atoms with Gasteiger partial charge in [0.25, 0.3) is 0 Å². The van der Waals surface area contributed by atoms with Gasteiger partial charge >= 0.3 is 0 Å². The van der Waals surface area contributed by atoms with Crippen molar-refractivity contribution in [2.45, 2.75) is 45.4 Å². The summed E-state index contributed by atoms with van der Waals surface area (Å²) in [5, 5.41) is 0. The standard InChI is InChI=1S/C24H26N2/c1-17-3-7-19(8-4-17)20-11-13-22(14-12-20)24-25-15-23(16-26-24)21-9-5-18(2)6-10-21/h3-4,7-8,11-16,18,21H,5-6,9-10H2,1-2H3. The molecule has 0 aliphatic heterocycles. The highest BCUT2D eigenvalue weighted by Crippen LogP contribution is 2.35. The van der Waals surface area contributed by atoms with Crippen molar-refractivity contribution < 1.29 is 0 Å². The first kappa shape index (κ1) is 17.0. The van der Waals surface area contributed by atoms with E-state index in [0.717, 1.165) is 17.3 Å². The second-order valence-electron chi connectivity index (χ2n) is 7.74. The molecule has 2 aromatic carbocycles. The largest absolute Gasteiger partial charge is 0.236 e. The molecule has 0 unspecified atom stereocenters. The van der Waals surface area contributed by atoms with E-state index in [1.54, 1.807) is 0 Å². The minimum atomic E-state index is 0.643. The molecule has 132 valence electrons. The van der Waals surface area contributed by atoms with Crippen LogP contribution in [0.4, 0.5) is 0 Å². The van der Waals surface area contributed by atoms with Gasteiger partial charge in [0.15, 0.2) is 5.82 Å². The van der Waals surface area contributed by atoms with Gasteiger partial charge in [0.05, 0.1) is 0 Å². The zero-order valence-electron chi connectivity index (χ0n) is 15.7. The van der Waals surface area contributed by atoms with Gasteiger partial charge in [0.2, 0.25) is 0 Å². The fourth-order valence-electron chi connectivity index (χ4n) is 3.85. The third-order valence-electron chi connectivity index (χ3n) is 5.69. The molecule has 0 bridgehead atoms. The first-order chi connectivity index (χ1) is 12.7. The first-order valence-electron chi connectivity index (χ1n) is 9.68. The van der Waals surface area contributed by atoms with E-state index in [2.05, 4.69) is 72.3 Å². The Bertz CT molecular complexity index is 840. The lowest BCUT2D eigenvalue weighted by Crippen LogP contribution is -2.11. The SMILES string of the molecule is Cc1ccc(-c2ccc(-c3ncc(C4CCC(C)CC4)cn3)cc2)cc1. The van der Waals surface area contributed by atoms with Gasteiger partial charge in [-0.3, -0.25) is 0 Å². The summed E-state index contributed by atoms with van der Waals surface area (Å²) in [7, 11) is 0. The first-order valence-corrected chi connectivity index (χ1v) is 9.68. The van der Waals surface area contributed by atoms with E-state index >= 15 is 0 Å². The Kier molecular flexibility index (Phi) is 4.83. The van der Waals surface area contributed by atoms with Crippen molar-refractivity contribution in [3.63, 3.8) is 0 Å². The lowest BCUT2D eigenvalue weighted by Gasteiger charge is -2.25. The zero-order chi connectivity index (χ0) is 17.9. The molecular weight excluding hydrogens is 316 g/mol. The summed E-state index contributed by atoms with van der Waals surface area (Å²) in [4.78, 5) is 9.29. The lowest BCUT2D eigenvalue weighted by atomic mass is 9.80. The van der Waals surface area contributed by atoms with Crippen molar-refractivity contribution >= 4 is 0 Å². The highest BCUT2D eigenvalue weighted by atomic mass is 14.9.